The van der Waals surface area contributed by atoms with Crippen molar-refractivity contribution in [2.24, 2.45) is 0 Å². The van der Waals surface area contributed by atoms with Gasteiger partial charge in [0.25, 0.3) is 5.91 Å². The standard InChI is InChI=1S/C25H26FN3O3/c1-25-14-12-23(31)29(25)21-9-5-3-7-19(21)24(32)28(25)15-13-22(30)27(18-10-11-18)16-17-6-2-4-8-20(17)26/h2-9,18H,10-16H2,1H3. The summed E-state index contributed by atoms with van der Waals surface area (Å²) >= 11 is 0. The minimum Gasteiger partial charge on any atom is -0.335 e. The highest BCUT2D eigenvalue weighted by atomic mass is 19.1. The Kier molecular flexibility index (Phi) is 4.99. The van der Waals surface area contributed by atoms with E-state index in [2.05, 4.69) is 0 Å². The fraction of sp³-hybridized carbons (Fsp3) is 0.400. The summed E-state index contributed by atoms with van der Waals surface area (Å²) in [5, 5.41) is 0. The van der Waals surface area contributed by atoms with Gasteiger partial charge in [-0.3, -0.25) is 19.3 Å². The number of carbonyl (C=O) groups is 3. The molecule has 0 spiro atoms. The molecule has 2 aromatic rings. The highest BCUT2D eigenvalue weighted by Gasteiger charge is 2.53. The number of carbonyl (C=O) groups excluding carboxylic acids is 3. The number of benzene rings is 2. The van der Waals surface area contributed by atoms with Gasteiger partial charge in [-0.25, -0.2) is 4.39 Å². The first kappa shape index (κ1) is 20.7. The zero-order valence-electron chi connectivity index (χ0n) is 18.1. The smallest absolute Gasteiger partial charge is 0.257 e. The number of para-hydroxylation sites is 1. The number of hydrogen-bond donors (Lipinski definition) is 0. The van der Waals surface area contributed by atoms with E-state index in [1.807, 2.05) is 13.0 Å². The van der Waals surface area contributed by atoms with Gasteiger partial charge in [0.1, 0.15) is 11.5 Å². The monoisotopic (exact) mass is 435 g/mol. The number of nitrogens with zero attached hydrogens (tertiary/aromatic N) is 3. The van der Waals surface area contributed by atoms with Gasteiger partial charge in [0, 0.05) is 37.5 Å². The molecule has 2 aromatic carbocycles. The molecule has 6 nitrogen and oxygen atoms in total. The predicted octanol–water partition coefficient (Wildman–Crippen LogP) is 3.71. The molecule has 2 fully saturated rings. The van der Waals surface area contributed by atoms with Crippen molar-refractivity contribution in [1.29, 1.82) is 0 Å². The Balaban J connectivity index is 1.36. The van der Waals surface area contributed by atoms with Gasteiger partial charge in [-0.15, -0.1) is 0 Å². The van der Waals surface area contributed by atoms with E-state index >= 15 is 0 Å². The molecule has 1 saturated heterocycles. The van der Waals surface area contributed by atoms with Gasteiger partial charge in [0.15, 0.2) is 0 Å². The molecule has 2 aliphatic heterocycles. The topological polar surface area (TPSA) is 60.9 Å². The lowest BCUT2D eigenvalue weighted by Gasteiger charge is -2.48. The summed E-state index contributed by atoms with van der Waals surface area (Å²) in [5.41, 5.74) is 0.844. The maximum atomic E-state index is 14.2. The second-order valence-corrected chi connectivity index (χ2v) is 9.01. The molecule has 3 amide bonds. The molecule has 1 saturated carbocycles. The number of anilines is 1. The van der Waals surface area contributed by atoms with E-state index < -0.39 is 5.66 Å². The molecule has 2 heterocycles. The summed E-state index contributed by atoms with van der Waals surface area (Å²) in [6.07, 6.45) is 2.86. The third kappa shape index (κ3) is 3.36. The van der Waals surface area contributed by atoms with E-state index in [-0.39, 0.29) is 49.1 Å². The van der Waals surface area contributed by atoms with E-state index in [4.69, 9.17) is 0 Å². The molecule has 7 heteroatoms. The first-order chi connectivity index (χ1) is 15.4. The maximum Gasteiger partial charge on any atom is 0.257 e. The zero-order chi connectivity index (χ0) is 22.5. The van der Waals surface area contributed by atoms with E-state index in [1.54, 1.807) is 51.1 Å². The summed E-state index contributed by atoms with van der Waals surface area (Å²) in [4.78, 5) is 44.3. The molecule has 0 radical (unpaired) electrons. The van der Waals surface area contributed by atoms with E-state index in [1.165, 1.54) is 6.07 Å². The van der Waals surface area contributed by atoms with Crippen molar-refractivity contribution in [2.45, 2.75) is 57.3 Å². The van der Waals surface area contributed by atoms with Crippen LogP contribution < -0.4 is 4.90 Å². The van der Waals surface area contributed by atoms with E-state index in [9.17, 15) is 18.8 Å². The molecule has 0 bridgehead atoms. The van der Waals surface area contributed by atoms with Crippen molar-refractivity contribution < 1.29 is 18.8 Å². The summed E-state index contributed by atoms with van der Waals surface area (Å²) in [7, 11) is 0. The summed E-state index contributed by atoms with van der Waals surface area (Å²) in [6.45, 7) is 2.34. The third-order valence-corrected chi connectivity index (χ3v) is 6.90. The van der Waals surface area contributed by atoms with Crippen molar-refractivity contribution in [3.05, 3.63) is 65.5 Å². The number of fused-ring (bicyclic) bond motifs is 3. The Morgan fingerprint density at radius 2 is 1.84 bits per heavy atom. The fourth-order valence-electron chi connectivity index (χ4n) is 5.01. The molecule has 1 unspecified atom stereocenters. The molecule has 166 valence electrons. The number of rotatable bonds is 6. The van der Waals surface area contributed by atoms with Crippen LogP contribution in [-0.2, 0) is 16.1 Å². The molecule has 0 N–H and O–H groups in total. The van der Waals surface area contributed by atoms with Gasteiger partial charge >= 0.3 is 0 Å². The summed E-state index contributed by atoms with van der Waals surface area (Å²) in [6, 6.07) is 13.8. The van der Waals surface area contributed by atoms with Gasteiger partial charge in [-0.1, -0.05) is 30.3 Å². The lowest BCUT2D eigenvalue weighted by atomic mass is 9.98. The Labute approximate surface area is 186 Å². The molecule has 0 aromatic heterocycles. The summed E-state index contributed by atoms with van der Waals surface area (Å²) < 4.78 is 14.2. The van der Waals surface area contributed by atoms with Crippen LogP contribution in [0.3, 0.4) is 0 Å². The van der Waals surface area contributed by atoms with Crippen LogP contribution in [0.2, 0.25) is 0 Å². The average Bonchev–Trinajstić information content (AvgIpc) is 3.57. The van der Waals surface area contributed by atoms with E-state index in [0.717, 1.165) is 12.8 Å². The normalized spacial score (nSPS) is 22.1. The van der Waals surface area contributed by atoms with Crippen LogP contribution in [0.25, 0.3) is 0 Å². The van der Waals surface area contributed by atoms with Crippen molar-refractivity contribution in [3.63, 3.8) is 0 Å². The van der Waals surface area contributed by atoms with Gasteiger partial charge in [0.2, 0.25) is 11.8 Å². The van der Waals surface area contributed by atoms with Crippen molar-refractivity contribution >= 4 is 23.4 Å². The third-order valence-electron chi connectivity index (χ3n) is 6.90. The fourth-order valence-corrected chi connectivity index (χ4v) is 5.01. The SMILES string of the molecule is CC12CCC(=O)N1c1ccccc1C(=O)N2CCC(=O)N(Cc1ccccc1F)C1CC1. The van der Waals surface area contributed by atoms with Crippen molar-refractivity contribution in [2.75, 3.05) is 11.4 Å². The van der Waals surface area contributed by atoms with Gasteiger partial charge in [-0.05, 0) is 44.4 Å². The van der Waals surface area contributed by atoms with Gasteiger partial charge in [-0.2, -0.15) is 0 Å². The summed E-state index contributed by atoms with van der Waals surface area (Å²) in [5.74, 6) is -0.583. The second kappa shape index (κ2) is 7.73. The highest BCUT2D eigenvalue weighted by molar-refractivity contribution is 6.10. The molecule has 1 atom stereocenters. The Hall–Kier alpha value is -3.22. The molecular formula is C25H26FN3O3. The highest BCUT2D eigenvalue weighted by Crippen LogP contribution is 2.44. The molecule has 5 rings (SSSR count). The van der Waals surface area contributed by atoms with Crippen LogP contribution in [0.4, 0.5) is 10.1 Å². The minimum atomic E-state index is -0.779. The molecule has 32 heavy (non-hydrogen) atoms. The first-order valence-corrected chi connectivity index (χ1v) is 11.2. The maximum absolute atomic E-state index is 14.2. The number of amides is 3. The van der Waals surface area contributed by atoms with Crippen molar-refractivity contribution in [1.82, 2.24) is 9.80 Å². The number of halogens is 1. The Morgan fingerprint density at radius 3 is 2.59 bits per heavy atom. The quantitative estimate of drug-likeness (QED) is 0.695. The lowest BCUT2D eigenvalue weighted by molar-refractivity contribution is -0.132. The molecule has 3 aliphatic rings. The van der Waals surface area contributed by atoms with Crippen molar-refractivity contribution in [3.8, 4) is 0 Å². The largest absolute Gasteiger partial charge is 0.335 e. The van der Waals surface area contributed by atoms with Gasteiger partial charge in [0.05, 0.1) is 11.3 Å². The Morgan fingerprint density at radius 1 is 1.12 bits per heavy atom. The van der Waals surface area contributed by atoms with Crippen LogP contribution in [0.15, 0.2) is 48.5 Å². The van der Waals surface area contributed by atoms with Gasteiger partial charge < -0.3 is 9.80 Å². The van der Waals surface area contributed by atoms with Crippen LogP contribution >= 0.6 is 0 Å². The van der Waals surface area contributed by atoms with Crippen LogP contribution in [0.5, 0.6) is 0 Å². The first-order valence-electron chi connectivity index (χ1n) is 11.2. The van der Waals surface area contributed by atoms with Crippen LogP contribution in [0, 0.1) is 5.82 Å². The van der Waals surface area contributed by atoms with Crippen LogP contribution in [-0.4, -0.2) is 45.8 Å². The number of hydrogen-bond acceptors (Lipinski definition) is 3. The van der Waals surface area contributed by atoms with Crippen LogP contribution in [0.1, 0.15) is 54.9 Å². The second-order valence-electron chi connectivity index (χ2n) is 9.01. The zero-order valence-corrected chi connectivity index (χ0v) is 18.1. The predicted molar refractivity (Wildman–Crippen MR) is 117 cm³/mol. The molecule has 1 aliphatic carbocycles. The Bertz CT molecular complexity index is 1100. The lowest BCUT2D eigenvalue weighted by Crippen LogP contribution is -2.62. The molecular weight excluding hydrogens is 409 g/mol. The minimum absolute atomic E-state index is 0.0112. The average molecular weight is 435 g/mol. The van der Waals surface area contributed by atoms with E-state index in [0.29, 0.717) is 29.7 Å².